The number of halogens is 2. The number of rotatable bonds is 8. The van der Waals surface area contributed by atoms with Gasteiger partial charge in [0.05, 0.1) is 12.1 Å². The van der Waals surface area contributed by atoms with Gasteiger partial charge in [-0.3, -0.25) is 9.80 Å². The summed E-state index contributed by atoms with van der Waals surface area (Å²) >= 11 is 0. The van der Waals surface area contributed by atoms with E-state index in [1.807, 2.05) is 0 Å². The molecule has 1 aromatic carbocycles. The van der Waals surface area contributed by atoms with Crippen LogP contribution in [0.5, 0.6) is 0 Å². The first-order chi connectivity index (χ1) is 18.3. The van der Waals surface area contributed by atoms with Crippen molar-refractivity contribution in [3.05, 3.63) is 42.2 Å². The molecule has 206 valence electrons. The van der Waals surface area contributed by atoms with Gasteiger partial charge in [-0.1, -0.05) is 24.3 Å². The lowest BCUT2D eigenvalue weighted by Gasteiger charge is -2.36. The van der Waals surface area contributed by atoms with E-state index >= 15 is 0 Å². The van der Waals surface area contributed by atoms with Crippen molar-refractivity contribution in [1.29, 1.82) is 0 Å². The van der Waals surface area contributed by atoms with Crippen molar-refractivity contribution < 1.29 is 13.9 Å². The standard InChI is InChI=1S/C29H40F2N6O/c1-19(2)36-14-12-35(13-15-36)17-21-4-6-22(7-5-21)26-18-37(23-8-10-24(38)11-9-23)28-25(26)16-32-29(34-28)33-20(3)27(30)31/h4-7,16,18-20,23-24,27,38H,8-15,17H2,1-3H3,(H,32,33,34)/t20-,23-,24-/m1/s1. The molecule has 1 saturated carbocycles. The van der Waals surface area contributed by atoms with Crippen LogP contribution in [0.1, 0.15) is 58.1 Å². The number of aromatic nitrogens is 3. The van der Waals surface area contributed by atoms with Gasteiger partial charge >= 0.3 is 0 Å². The summed E-state index contributed by atoms with van der Waals surface area (Å²) in [6.07, 6.45) is 4.32. The molecule has 5 rings (SSSR count). The normalized spacial score (nSPS) is 22.4. The summed E-state index contributed by atoms with van der Waals surface area (Å²) in [6.45, 7) is 11.3. The van der Waals surface area contributed by atoms with Crippen molar-refractivity contribution >= 4 is 17.0 Å². The fraction of sp³-hybridized carbons (Fsp3) is 0.586. The van der Waals surface area contributed by atoms with Crippen molar-refractivity contribution in [2.24, 2.45) is 0 Å². The Balaban J connectivity index is 1.39. The number of aliphatic hydroxyl groups excluding tert-OH is 1. The summed E-state index contributed by atoms with van der Waals surface area (Å²) in [7, 11) is 0. The number of fused-ring (bicyclic) bond motifs is 1. The number of alkyl halides is 2. The molecule has 3 heterocycles. The monoisotopic (exact) mass is 526 g/mol. The summed E-state index contributed by atoms with van der Waals surface area (Å²) in [5.41, 5.74) is 4.16. The first-order valence-electron chi connectivity index (χ1n) is 13.9. The van der Waals surface area contributed by atoms with Crippen LogP contribution in [0.4, 0.5) is 14.7 Å². The van der Waals surface area contributed by atoms with Crippen LogP contribution in [0.25, 0.3) is 22.2 Å². The zero-order valence-corrected chi connectivity index (χ0v) is 22.7. The molecular weight excluding hydrogens is 486 g/mol. The minimum Gasteiger partial charge on any atom is -0.393 e. The summed E-state index contributed by atoms with van der Waals surface area (Å²) in [5.74, 6) is 0.208. The third kappa shape index (κ3) is 6.00. The molecule has 0 spiro atoms. The van der Waals surface area contributed by atoms with Gasteiger partial charge in [-0.2, -0.15) is 4.98 Å². The second-order valence-electron chi connectivity index (χ2n) is 11.2. The molecule has 0 radical (unpaired) electrons. The molecule has 2 aromatic heterocycles. The Morgan fingerprint density at radius 1 is 1.00 bits per heavy atom. The van der Waals surface area contributed by atoms with Crippen molar-refractivity contribution in [2.75, 3.05) is 31.5 Å². The Morgan fingerprint density at radius 2 is 1.68 bits per heavy atom. The van der Waals surface area contributed by atoms with Crippen LogP contribution in [0.2, 0.25) is 0 Å². The molecule has 1 atom stereocenters. The predicted molar refractivity (Wildman–Crippen MR) is 148 cm³/mol. The number of piperazine rings is 1. The second-order valence-corrected chi connectivity index (χ2v) is 11.2. The molecule has 3 aromatic rings. The molecule has 0 amide bonds. The smallest absolute Gasteiger partial charge is 0.258 e. The fourth-order valence-corrected chi connectivity index (χ4v) is 5.70. The first-order valence-corrected chi connectivity index (χ1v) is 13.9. The van der Waals surface area contributed by atoms with Crippen molar-refractivity contribution in [1.82, 2.24) is 24.3 Å². The van der Waals surface area contributed by atoms with E-state index in [1.54, 1.807) is 6.20 Å². The molecule has 0 unspecified atom stereocenters. The highest BCUT2D eigenvalue weighted by atomic mass is 19.3. The number of anilines is 1. The van der Waals surface area contributed by atoms with Crippen LogP contribution < -0.4 is 5.32 Å². The van der Waals surface area contributed by atoms with Gasteiger partial charge in [0.25, 0.3) is 6.43 Å². The minimum atomic E-state index is -2.51. The van der Waals surface area contributed by atoms with Gasteiger partial charge in [0, 0.05) is 68.2 Å². The van der Waals surface area contributed by atoms with Gasteiger partial charge in [-0.05, 0) is 57.6 Å². The summed E-state index contributed by atoms with van der Waals surface area (Å²) < 4.78 is 28.4. The summed E-state index contributed by atoms with van der Waals surface area (Å²) in [5, 5.41) is 13.7. The maximum absolute atomic E-state index is 13.1. The number of aliphatic hydroxyl groups is 1. The first kappa shape index (κ1) is 27.0. The third-order valence-corrected chi connectivity index (χ3v) is 8.17. The number of nitrogens with one attached hydrogen (secondary N) is 1. The van der Waals surface area contributed by atoms with E-state index in [0.717, 1.165) is 80.6 Å². The Bertz CT molecular complexity index is 1200. The Morgan fingerprint density at radius 3 is 2.32 bits per heavy atom. The van der Waals surface area contributed by atoms with E-state index in [-0.39, 0.29) is 18.1 Å². The van der Waals surface area contributed by atoms with Crippen LogP contribution in [0.15, 0.2) is 36.7 Å². The van der Waals surface area contributed by atoms with Crippen molar-refractivity contribution in [3.8, 4) is 11.1 Å². The molecule has 0 bridgehead atoms. The quantitative estimate of drug-likeness (QED) is 0.422. The number of hydrogen-bond donors (Lipinski definition) is 2. The maximum atomic E-state index is 13.1. The zero-order valence-electron chi connectivity index (χ0n) is 22.7. The van der Waals surface area contributed by atoms with Crippen LogP contribution in [-0.2, 0) is 6.54 Å². The minimum absolute atomic E-state index is 0.203. The highest BCUT2D eigenvalue weighted by molar-refractivity contribution is 5.94. The van der Waals surface area contributed by atoms with Crippen molar-refractivity contribution in [3.63, 3.8) is 0 Å². The third-order valence-electron chi connectivity index (χ3n) is 8.17. The average Bonchev–Trinajstić information content (AvgIpc) is 3.28. The van der Waals surface area contributed by atoms with Crippen LogP contribution in [0.3, 0.4) is 0 Å². The van der Waals surface area contributed by atoms with Crippen LogP contribution in [0, 0.1) is 0 Å². The Labute approximate surface area is 223 Å². The topological polar surface area (TPSA) is 69.5 Å². The van der Waals surface area contributed by atoms with Gasteiger partial charge in [-0.25, -0.2) is 13.8 Å². The second kappa shape index (κ2) is 11.6. The fourth-order valence-electron chi connectivity index (χ4n) is 5.70. The predicted octanol–water partition coefficient (Wildman–Crippen LogP) is 5.17. The van der Waals surface area contributed by atoms with Gasteiger partial charge in [0.1, 0.15) is 5.65 Å². The van der Waals surface area contributed by atoms with Gasteiger partial charge in [-0.15, -0.1) is 0 Å². The Kier molecular flexibility index (Phi) is 8.26. The van der Waals surface area contributed by atoms with Gasteiger partial charge in [0.15, 0.2) is 0 Å². The summed E-state index contributed by atoms with van der Waals surface area (Å²) in [4.78, 5) is 14.1. The number of nitrogens with zero attached hydrogens (tertiary/aromatic N) is 5. The van der Waals surface area contributed by atoms with Gasteiger partial charge < -0.3 is 15.0 Å². The molecule has 1 aliphatic heterocycles. The molecule has 38 heavy (non-hydrogen) atoms. The number of hydrogen-bond acceptors (Lipinski definition) is 6. The molecule has 1 aliphatic carbocycles. The molecule has 2 aliphatic rings. The molecule has 9 heteroatoms. The maximum Gasteiger partial charge on any atom is 0.258 e. The van der Waals surface area contributed by atoms with E-state index in [4.69, 9.17) is 0 Å². The molecule has 2 fully saturated rings. The molecule has 2 N–H and O–H groups in total. The largest absolute Gasteiger partial charge is 0.393 e. The number of benzene rings is 1. The van der Waals surface area contributed by atoms with Crippen LogP contribution >= 0.6 is 0 Å². The van der Waals surface area contributed by atoms with Crippen molar-refractivity contribution in [2.45, 2.75) is 83.7 Å². The van der Waals surface area contributed by atoms with E-state index in [1.165, 1.54) is 12.5 Å². The zero-order chi connectivity index (χ0) is 26.8. The van der Waals surface area contributed by atoms with E-state index in [0.29, 0.717) is 6.04 Å². The van der Waals surface area contributed by atoms with Gasteiger partial charge in [0.2, 0.25) is 5.95 Å². The highest BCUT2D eigenvalue weighted by Crippen LogP contribution is 2.37. The lowest BCUT2D eigenvalue weighted by molar-refractivity contribution is 0.104. The van der Waals surface area contributed by atoms with E-state index < -0.39 is 12.5 Å². The lowest BCUT2D eigenvalue weighted by atomic mass is 9.93. The average molecular weight is 527 g/mol. The molecule has 1 saturated heterocycles. The van der Waals surface area contributed by atoms with E-state index in [9.17, 15) is 13.9 Å². The molecule has 7 nitrogen and oxygen atoms in total. The Hall–Kier alpha value is -2.62. The SMILES string of the molecule is CC(C)N1CCN(Cc2ccc(-c3cn([C@H]4CC[C@H](O)CC4)c4nc(N[C@H](C)C(F)F)ncc34)cc2)CC1. The lowest BCUT2D eigenvalue weighted by Crippen LogP contribution is -2.48. The highest BCUT2D eigenvalue weighted by Gasteiger charge is 2.25. The van der Waals surface area contributed by atoms with Crippen LogP contribution in [-0.4, -0.2) is 80.2 Å². The molecular formula is C29H40F2N6O. The summed E-state index contributed by atoms with van der Waals surface area (Å²) in [6, 6.07) is 8.48. The van der Waals surface area contributed by atoms with E-state index in [2.05, 4.69) is 74.0 Å².